The molecule has 5 rings (SSSR count). The van der Waals surface area contributed by atoms with Gasteiger partial charge in [0, 0.05) is 62.7 Å². The van der Waals surface area contributed by atoms with E-state index in [4.69, 9.17) is 10.2 Å². The summed E-state index contributed by atoms with van der Waals surface area (Å²) in [6, 6.07) is 9.45. The highest BCUT2D eigenvalue weighted by molar-refractivity contribution is 7.14. The van der Waals surface area contributed by atoms with E-state index in [1.165, 1.54) is 4.90 Å². The van der Waals surface area contributed by atoms with Crippen LogP contribution in [0.25, 0.3) is 11.3 Å². The first-order chi connectivity index (χ1) is 15.9. The van der Waals surface area contributed by atoms with E-state index in [-0.39, 0.29) is 31.0 Å². The number of carbonyl (C=O) groups is 1. The third-order valence-electron chi connectivity index (χ3n) is 6.79. The number of rotatable bonds is 4. The quantitative estimate of drug-likeness (QED) is 0.737. The standard InChI is InChI=1S/C23H26F2N6OS/c24-23(25)5-6-31(15-23)21(32)19-11-18(13-27-19)29-7-9-30(10-8-29)22-28-20(14-33-22)17-3-1-16(12-26)2-4-17/h1-4,14,18-19,27H,5-11,13,15H2/t18-,19-/m0/s1. The van der Waals surface area contributed by atoms with E-state index in [0.29, 0.717) is 18.5 Å². The number of alkyl halides is 2. The molecule has 1 aromatic carbocycles. The van der Waals surface area contributed by atoms with Gasteiger partial charge in [-0.25, -0.2) is 13.8 Å². The van der Waals surface area contributed by atoms with Crippen molar-refractivity contribution < 1.29 is 13.6 Å². The Morgan fingerprint density at radius 2 is 1.94 bits per heavy atom. The summed E-state index contributed by atoms with van der Waals surface area (Å²) in [7, 11) is 0. The summed E-state index contributed by atoms with van der Waals surface area (Å²) in [6.45, 7) is 3.86. The lowest BCUT2D eigenvalue weighted by Gasteiger charge is -2.37. The van der Waals surface area contributed by atoms with Crippen LogP contribution in [-0.2, 0) is 4.79 Å². The number of hydrogen-bond acceptors (Lipinski definition) is 7. The van der Waals surface area contributed by atoms with E-state index in [0.717, 1.165) is 42.6 Å². The van der Waals surface area contributed by atoms with Gasteiger partial charge in [0.2, 0.25) is 5.91 Å². The monoisotopic (exact) mass is 472 g/mol. The van der Waals surface area contributed by atoms with E-state index in [1.807, 2.05) is 17.5 Å². The number of aromatic nitrogens is 1. The first-order valence-corrected chi connectivity index (χ1v) is 12.1. The second kappa shape index (κ2) is 8.97. The predicted octanol–water partition coefficient (Wildman–Crippen LogP) is 2.40. The van der Waals surface area contributed by atoms with Crippen LogP contribution in [0, 0.1) is 11.3 Å². The second-order valence-corrected chi connectivity index (χ2v) is 9.78. The largest absolute Gasteiger partial charge is 0.346 e. The summed E-state index contributed by atoms with van der Waals surface area (Å²) in [4.78, 5) is 23.4. The van der Waals surface area contributed by atoms with Crippen LogP contribution in [0.3, 0.4) is 0 Å². The number of nitriles is 1. The maximum Gasteiger partial charge on any atom is 0.267 e. The smallest absolute Gasteiger partial charge is 0.267 e. The summed E-state index contributed by atoms with van der Waals surface area (Å²) in [5.41, 5.74) is 2.54. The molecule has 0 aliphatic carbocycles. The minimum atomic E-state index is -2.75. The lowest BCUT2D eigenvalue weighted by molar-refractivity contribution is -0.133. The van der Waals surface area contributed by atoms with Crippen LogP contribution in [-0.4, -0.2) is 84.5 Å². The highest BCUT2D eigenvalue weighted by atomic mass is 32.1. The number of hydrogen-bond donors (Lipinski definition) is 1. The minimum Gasteiger partial charge on any atom is -0.346 e. The molecule has 1 aromatic heterocycles. The average Bonchev–Trinajstić information content (AvgIpc) is 3.58. The van der Waals surface area contributed by atoms with Crippen LogP contribution < -0.4 is 10.2 Å². The molecule has 33 heavy (non-hydrogen) atoms. The highest BCUT2D eigenvalue weighted by Crippen LogP contribution is 2.30. The van der Waals surface area contributed by atoms with Crippen molar-refractivity contribution in [1.82, 2.24) is 20.1 Å². The van der Waals surface area contributed by atoms with E-state index in [1.54, 1.807) is 23.5 Å². The third kappa shape index (κ3) is 4.71. The van der Waals surface area contributed by atoms with Gasteiger partial charge in [-0.05, 0) is 18.6 Å². The van der Waals surface area contributed by atoms with Crippen molar-refractivity contribution in [3.05, 3.63) is 35.2 Å². The molecule has 10 heteroatoms. The van der Waals surface area contributed by atoms with Crippen LogP contribution in [0.1, 0.15) is 18.4 Å². The number of nitrogens with zero attached hydrogens (tertiary/aromatic N) is 5. The number of piperazine rings is 1. The zero-order valence-electron chi connectivity index (χ0n) is 18.2. The summed E-state index contributed by atoms with van der Waals surface area (Å²) in [6.07, 6.45) is 0.432. The molecule has 0 spiro atoms. The van der Waals surface area contributed by atoms with Crippen molar-refractivity contribution in [2.45, 2.75) is 30.8 Å². The Hall–Kier alpha value is -2.61. The molecule has 0 saturated carbocycles. The topological polar surface area (TPSA) is 75.5 Å². The number of nitrogens with one attached hydrogen (secondary N) is 1. The van der Waals surface area contributed by atoms with Gasteiger partial charge < -0.3 is 15.1 Å². The normalized spacial score (nSPS) is 25.4. The van der Waals surface area contributed by atoms with E-state index < -0.39 is 12.5 Å². The molecule has 0 bridgehead atoms. The van der Waals surface area contributed by atoms with Crippen LogP contribution in [0.5, 0.6) is 0 Å². The van der Waals surface area contributed by atoms with Crippen LogP contribution >= 0.6 is 11.3 Å². The first kappa shape index (κ1) is 22.2. The Kier molecular flexibility index (Phi) is 6.03. The molecule has 7 nitrogen and oxygen atoms in total. The summed E-state index contributed by atoms with van der Waals surface area (Å²) in [5, 5.41) is 15.2. The van der Waals surface area contributed by atoms with Gasteiger partial charge in [-0.1, -0.05) is 12.1 Å². The lowest BCUT2D eigenvalue weighted by atomic mass is 10.1. The Bertz CT molecular complexity index is 1040. The number of carbonyl (C=O) groups excluding carboxylic acids is 1. The van der Waals surface area contributed by atoms with Gasteiger partial charge in [0.15, 0.2) is 5.13 Å². The molecule has 3 aliphatic rings. The molecule has 3 saturated heterocycles. The van der Waals surface area contributed by atoms with Gasteiger partial charge >= 0.3 is 0 Å². The number of anilines is 1. The first-order valence-electron chi connectivity index (χ1n) is 11.3. The molecule has 3 fully saturated rings. The molecule has 174 valence electrons. The number of halogens is 2. The summed E-state index contributed by atoms with van der Waals surface area (Å²) < 4.78 is 26.9. The minimum absolute atomic E-state index is 0.144. The van der Waals surface area contributed by atoms with E-state index >= 15 is 0 Å². The van der Waals surface area contributed by atoms with Crippen LogP contribution in [0.2, 0.25) is 0 Å². The molecule has 4 heterocycles. The molecular formula is C23H26F2N6OS. The van der Waals surface area contributed by atoms with Crippen molar-refractivity contribution in [3.8, 4) is 17.3 Å². The summed E-state index contributed by atoms with van der Waals surface area (Å²) >= 11 is 1.62. The van der Waals surface area contributed by atoms with Crippen LogP contribution in [0.4, 0.5) is 13.9 Å². The van der Waals surface area contributed by atoms with Gasteiger partial charge in [0.05, 0.1) is 29.9 Å². The zero-order valence-corrected chi connectivity index (χ0v) is 19.0. The fourth-order valence-electron chi connectivity index (χ4n) is 4.86. The van der Waals surface area contributed by atoms with Gasteiger partial charge in [0.1, 0.15) is 0 Å². The molecule has 2 aromatic rings. The average molecular weight is 473 g/mol. The Balaban J connectivity index is 1.13. The lowest BCUT2D eigenvalue weighted by Crippen LogP contribution is -2.51. The van der Waals surface area contributed by atoms with E-state index in [2.05, 4.69) is 21.2 Å². The fraction of sp³-hybridized carbons (Fsp3) is 0.522. The number of likely N-dealkylation sites (tertiary alicyclic amines) is 1. The van der Waals surface area contributed by atoms with Gasteiger partial charge in [-0.2, -0.15) is 5.26 Å². The van der Waals surface area contributed by atoms with Crippen LogP contribution in [0.15, 0.2) is 29.6 Å². The maximum atomic E-state index is 13.5. The second-order valence-electron chi connectivity index (χ2n) is 8.94. The van der Waals surface area contributed by atoms with Crippen molar-refractivity contribution in [3.63, 3.8) is 0 Å². The highest BCUT2D eigenvalue weighted by Gasteiger charge is 2.43. The fourth-order valence-corrected chi connectivity index (χ4v) is 5.75. The Labute approximate surface area is 195 Å². The maximum absolute atomic E-state index is 13.5. The van der Waals surface area contributed by atoms with Gasteiger partial charge in [-0.3, -0.25) is 9.69 Å². The molecule has 0 radical (unpaired) electrons. The Morgan fingerprint density at radius 1 is 1.18 bits per heavy atom. The van der Waals surface area contributed by atoms with Crippen molar-refractivity contribution in [2.75, 3.05) is 50.7 Å². The molecular weight excluding hydrogens is 446 g/mol. The van der Waals surface area contributed by atoms with Gasteiger partial charge in [0.25, 0.3) is 5.92 Å². The number of thiazole rings is 1. The molecule has 3 aliphatic heterocycles. The SMILES string of the molecule is N#Cc1ccc(-c2csc(N3CCN([C@@H]4CN[C@H](C(=O)N5CCC(F)(F)C5)C4)CC3)n2)cc1. The molecule has 2 atom stereocenters. The third-order valence-corrected chi connectivity index (χ3v) is 7.69. The zero-order chi connectivity index (χ0) is 23.0. The molecule has 1 N–H and O–H groups in total. The Morgan fingerprint density at radius 3 is 2.61 bits per heavy atom. The van der Waals surface area contributed by atoms with Crippen molar-refractivity contribution in [1.29, 1.82) is 5.26 Å². The molecule has 0 unspecified atom stereocenters. The van der Waals surface area contributed by atoms with Gasteiger partial charge in [-0.15, -0.1) is 11.3 Å². The molecule has 1 amide bonds. The summed E-state index contributed by atoms with van der Waals surface area (Å²) in [5.74, 6) is -2.94. The van der Waals surface area contributed by atoms with Crippen molar-refractivity contribution in [2.24, 2.45) is 0 Å². The number of benzene rings is 1. The van der Waals surface area contributed by atoms with Crippen molar-refractivity contribution >= 4 is 22.4 Å². The predicted molar refractivity (Wildman–Crippen MR) is 122 cm³/mol. The number of amides is 1. The van der Waals surface area contributed by atoms with E-state index in [9.17, 15) is 13.6 Å².